The first-order chi connectivity index (χ1) is 23.9. The number of aromatic nitrogens is 2. The quantitative estimate of drug-likeness (QED) is 0.194. The lowest BCUT2D eigenvalue weighted by Gasteiger charge is -2.36. The second-order valence-electron chi connectivity index (χ2n) is 14.2. The fourth-order valence-electron chi connectivity index (χ4n) is 8.05. The van der Waals surface area contributed by atoms with Gasteiger partial charge in [-0.25, -0.2) is 0 Å². The van der Waals surface area contributed by atoms with Crippen molar-refractivity contribution in [2.75, 3.05) is 0 Å². The highest BCUT2D eigenvalue weighted by Gasteiger charge is 2.47. The Morgan fingerprint density at radius 1 is 0.469 bits per heavy atom. The van der Waals surface area contributed by atoms with E-state index in [9.17, 15) is 0 Å². The van der Waals surface area contributed by atoms with Crippen molar-refractivity contribution < 1.29 is 0 Å². The predicted octanol–water partition coefficient (Wildman–Crippen LogP) is 11.8. The molecular weight excluding hydrogens is 593 g/mol. The summed E-state index contributed by atoms with van der Waals surface area (Å²) in [6.07, 6.45) is 3.84. The summed E-state index contributed by atoms with van der Waals surface area (Å²) in [6, 6.07) is 55.6. The van der Waals surface area contributed by atoms with Crippen LogP contribution in [0.4, 0.5) is 0 Å². The number of hydrogen-bond donors (Lipinski definition) is 0. The van der Waals surface area contributed by atoms with Crippen LogP contribution in [0.15, 0.2) is 164 Å². The minimum absolute atomic E-state index is 0.101. The number of benzene rings is 6. The lowest BCUT2D eigenvalue weighted by molar-refractivity contribution is 0.587. The van der Waals surface area contributed by atoms with Gasteiger partial charge in [0, 0.05) is 28.9 Å². The molecule has 0 radical (unpaired) electrons. The van der Waals surface area contributed by atoms with Gasteiger partial charge in [0.05, 0.1) is 16.8 Å². The topological polar surface area (TPSA) is 25.8 Å². The van der Waals surface area contributed by atoms with Crippen molar-refractivity contribution in [1.82, 2.24) is 9.97 Å². The molecule has 9 rings (SSSR count). The van der Waals surface area contributed by atoms with Crippen molar-refractivity contribution in [1.29, 1.82) is 0 Å². The summed E-state index contributed by atoms with van der Waals surface area (Å²) in [5, 5.41) is 4.75. The number of nitrogens with zero attached hydrogens (tertiary/aromatic N) is 2. The molecule has 0 saturated carbocycles. The first-order valence-electron chi connectivity index (χ1n) is 17.1. The van der Waals surface area contributed by atoms with Crippen LogP contribution in [0.25, 0.3) is 55.2 Å². The number of hydrogen-bond acceptors (Lipinski definition) is 2. The van der Waals surface area contributed by atoms with E-state index in [0.717, 1.165) is 27.9 Å². The smallest absolute Gasteiger partial charge is 0.0780 e. The molecule has 2 nitrogen and oxygen atoms in total. The third kappa shape index (κ3) is 4.55. The highest BCUT2D eigenvalue weighted by Crippen LogP contribution is 2.57. The lowest BCUT2D eigenvalue weighted by atomic mass is 9.65. The molecule has 1 aliphatic rings. The van der Waals surface area contributed by atoms with Gasteiger partial charge in [0.15, 0.2) is 0 Å². The zero-order valence-electron chi connectivity index (χ0n) is 28.0. The van der Waals surface area contributed by atoms with Crippen LogP contribution in [0.5, 0.6) is 0 Å². The van der Waals surface area contributed by atoms with Gasteiger partial charge in [-0.15, -0.1) is 0 Å². The molecule has 49 heavy (non-hydrogen) atoms. The third-order valence-electron chi connectivity index (χ3n) is 10.4. The Balaban J connectivity index is 1.45. The van der Waals surface area contributed by atoms with Gasteiger partial charge in [-0.1, -0.05) is 130 Å². The van der Waals surface area contributed by atoms with Crippen molar-refractivity contribution in [3.63, 3.8) is 0 Å². The molecule has 6 aromatic carbocycles. The third-order valence-corrected chi connectivity index (χ3v) is 10.4. The van der Waals surface area contributed by atoms with E-state index in [1.165, 1.54) is 55.1 Å². The molecule has 2 aromatic heterocycles. The molecule has 0 bridgehead atoms. The van der Waals surface area contributed by atoms with Gasteiger partial charge >= 0.3 is 0 Å². The predicted molar refractivity (Wildman–Crippen MR) is 204 cm³/mol. The molecule has 0 amide bonds. The molecular formula is C47H36N2. The van der Waals surface area contributed by atoms with E-state index in [1.54, 1.807) is 0 Å². The molecule has 234 valence electrons. The van der Waals surface area contributed by atoms with Gasteiger partial charge in [-0.2, -0.15) is 0 Å². The first-order valence-corrected chi connectivity index (χ1v) is 17.1. The second kappa shape index (κ2) is 11.1. The monoisotopic (exact) mass is 628 g/mol. The Morgan fingerprint density at radius 2 is 1.10 bits per heavy atom. The van der Waals surface area contributed by atoms with Crippen LogP contribution in [0, 0.1) is 0 Å². The van der Waals surface area contributed by atoms with Crippen LogP contribution < -0.4 is 0 Å². The summed E-state index contributed by atoms with van der Waals surface area (Å²) in [4.78, 5) is 9.91. The Labute approximate surface area is 287 Å². The maximum Gasteiger partial charge on any atom is 0.0780 e. The molecule has 0 spiro atoms. The molecule has 0 unspecified atom stereocenters. The van der Waals surface area contributed by atoms with Crippen molar-refractivity contribution >= 4 is 21.5 Å². The lowest BCUT2D eigenvalue weighted by Crippen LogP contribution is -2.29. The Hall–Kier alpha value is -5.86. The summed E-state index contributed by atoms with van der Waals surface area (Å²) in [5.41, 5.74) is 12.4. The van der Waals surface area contributed by atoms with Gasteiger partial charge in [0.25, 0.3) is 0 Å². The zero-order chi connectivity index (χ0) is 33.2. The highest BCUT2D eigenvalue weighted by atomic mass is 14.7. The standard InChI is InChI=1S/C47H36N2/c1-46(2,3)34-27-33(45-38-17-7-4-14-31(38)23-25-49-45)28-35(29-34)47(42-20-10-8-18-39(42)40-19-9-11-21-43(40)47)36-26-32-15-5-6-16-37(32)41(30-36)44-22-12-13-24-48-44/h4-30H,1-3H3. The van der Waals surface area contributed by atoms with E-state index >= 15 is 0 Å². The maximum atomic E-state index is 5.04. The SMILES string of the molecule is CC(C)(C)c1cc(-c2nccc3ccccc23)cc(C2(c3cc(-c4ccccn4)c4ccccc4c3)c3ccccc3-c3ccccc32)c1. The fourth-order valence-corrected chi connectivity index (χ4v) is 8.05. The average Bonchev–Trinajstić information content (AvgIpc) is 3.45. The summed E-state index contributed by atoms with van der Waals surface area (Å²) in [6.45, 7) is 6.93. The van der Waals surface area contributed by atoms with Crippen molar-refractivity contribution in [3.8, 4) is 33.6 Å². The van der Waals surface area contributed by atoms with Crippen LogP contribution in [-0.2, 0) is 10.8 Å². The number of fused-ring (bicyclic) bond motifs is 5. The molecule has 1 aliphatic carbocycles. The van der Waals surface area contributed by atoms with Gasteiger partial charge < -0.3 is 0 Å². The number of rotatable bonds is 4. The van der Waals surface area contributed by atoms with Crippen LogP contribution in [0.2, 0.25) is 0 Å². The van der Waals surface area contributed by atoms with Crippen LogP contribution in [0.1, 0.15) is 48.6 Å². The fraction of sp³-hybridized carbons (Fsp3) is 0.106. The Kier molecular flexibility index (Phi) is 6.64. The van der Waals surface area contributed by atoms with E-state index in [1.807, 2.05) is 18.5 Å². The molecule has 0 fully saturated rings. The highest BCUT2D eigenvalue weighted by molar-refractivity contribution is 5.99. The zero-order valence-corrected chi connectivity index (χ0v) is 28.0. The average molecular weight is 629 g/mol. The normalized spacial score (nSPS) is 13.4. The minimum Gasteiger partial charge on any atom is -0.256 e. The van der Waals surface area contributed by atoms with E-state index < -0.39 is 5.41 Å². The molecule has 0 atom stereocenters. The van der Waals surface area contributed by atoms with Crippen LogP contribution in [-0.4, -0.2) is 9.97 Å². The van der Waals surface area contributed by atoms with Crippen LogP contribution in [0.3, 0.4) is 0 Å². The largest absolute Gasteiger partial charge is 0.256 e. The maximum absolute atomic E-state index is 5.04. The summed E-state index contributed by atoms with van der Waals surface area (Å²) >= 11 is 0. The van der Waals surface area contributed by atoms with E-state index in [-0.39, 0.29) is 5.41 Å². The van der Waals surface area contributed by atoms with E-state index in [0.29, 0.717) is 0 Å². The van der Waals surface area contributed by atoms with E-state index in [4.69, 9.17) is 9.97 Å². The first kappa shape index (κ1) is 29.3. The van der Waals surface area contributed by atoms with Gasteiger partial charge in [0.1, 0.15) is 0 Å². The molecule has 2 heterocycles. The van der Waals surface area contributed by atoms with E-state index in [2.05, 4.69) is 166 Å². The second-order valence-corrected chi connectivity index (χ2v) is 14.2. The van der Waals surface area contributed by atoms with Crippen molar-refractivity contribution in [2.24, 2.45) is 0 Å². The summed E-state index contributed by atoms with van der Waals surface area (Å²) < 4.78 is 0. The van der Waals surface area contributed by atoms with Gasteiger partial charge in [-0.05, 0) is 103 Å². The minimum atomic E-state index is -0.596. The van der Waals surface area contributed by atoms with Crippen LogP contribution >= 0.6 is 0 Å². The molecule has 0 N–H and O–H groups in total. The van der Waals surface area contributed by atoms with Crippen molar-refractivity contribution in [3.05, 3.63) is 192 Å². The summed E-state index contributed by atoms with van der Waals surface area (Å²) in [7, 11) is 0. The molecule has 8 aromatic rings. The van der Waals surface area contributed by atoms with Crippen molar-refractivity contribution in [2.45, 2.75) is 31.6 Å². The number of pyridine rings is 2. The molecule has 0 saturated heterocycles. The Bertz CT molecular complexity index is 2490. The molecule has 0 aliphatic heterocycles. The molecule has 2 heteroatoms. The van der Waals surface area contributed by atoms with Gasteiger partial charge in [-0.3, -0.25) is 9.97 Å². The Morgan fingerprint density at radius 3 is 1.82 bits per heavy atom. The summed E-state index contributed by atoms with van der Waals surface area (Å²) in [5.74, 6) is 0. The van der Waals surface area contributed by atoms with Gasteiger partial charge in [0.2, 0.25) is 0 Å².